The molecule has 0 saturated carbocycles. The molecule has 0 spiro atoms. The largest absolute Gasteiger partial charge is 0.355 e. The highest BCUT2D eigenvalue weighted by molar-refractivity contribution is 6.20. The van der Waals surface area contributed by atoms with Gasteiger partial charge in [0.25, 0.3) is 0 Å². The van der Waals surface area contributed by atoms with Crippen LogP contribution in [0.15, 0.2) is 12.2 Å². The maximum Gasteiger partial charge on any atom is 0.224 e. The predicted octanol–water partition coefficient (Wildman–Crippen LogP) is 1.77. The van der Waals surface area contributed by atoms with E-state index in [1.165, 1.54) is 0 Å². The highest BCUT2D eigenvalue weighted by Crippen LogP contribution is 2.14. The number of carbonyl (C=O) groups excluding carboxylic acids is 1. The molecular weight excluding hydrogens is 224 g/mol. The van der Waals surface area contributed by atoms with E-state index in [2.05, 4.69) is 16.8 Å². The van der Waals surface area contributed by atoms with Gasteiger partial charge in [0.15, 0.2) is 0 Å². The Kier molecular flexibility index (Phi) is 5.85. The van der Waals surface area contributed by atoms with Crippen molar-refractivity contribution in [1.82, 2.24) is 10.2 Å². The summed E-state index contributed by atoms with van der Waals surface area (Å²) in [5.74, 6) is 0.0620. The summed E-state index contributed by atoms with van der Waals surface area (Å²) in [6.45, 7) is 9.21. The number of nitrogens with one attached hydrogen (secondary N) is 1. The fourth-order valence-electron chi connectivity index (χ4n) is 1.89. The number of rotatable bonds is 5. The Bertz CT molecular complexity index is 255. The number of likely N-dealkylation sites (tertiary alicyclic amines) is 1. The molecule has 0 radical (unpaired) electrons. The summed E-state index contributed by atoms with van der Waals surface area (Å²) in [5.41, 5.74) is 0.899. The number of piperidine rings is 1. The summed E-state index contributed by atoms with van der Waals surface area (Å²) in [5, 5.41) is 3.17. The fraction of sp³-hybridized carbons (Fsp3) is 0.750. The lowest BCUT2D eigenvalue weighted by atomic mass is 10.1. The third-order valence-corrected chi connectivity index (χ3v) is 3.02. The van der Waals surface area contributed by atoms with E-state index in [1.807, 2.05) is 6.92 Å². The Hall–Kier alpha value is -0.540. The SMILES string of the molecule is C=C(C)CC(=O)NCCN1CCCC(Cl)C1. The molecule has 0 aromatic rings. The highest BCUT2D eigenvalue weighted by Gasteiger charge is 2.17. The number of nitrogens with zero attached hydrogens (tertiary/aromatic N) is 1. The van der Waals surface area contributed by atoms with E-state index in [-0.39, 0.29) is 11.3 Å². The summed E-state index contributed by atoms with van der Waals surface area (Å²) in [6, 6.07) is 0. The average Bonchev–Trinajstić information content (AvgIpc) is 2.16. The summed E-state index contributed by atoms with van der Waals surface area (Å²) >= 11 is 6.08. The first-order valence-corrected chi connectivity index (χ1v) is 6.29. The lowest BCUT2D eigenvalue weighted by Gasteiger charge is -2.29. The second-order valence-corrected chi connectivity index (χ2v) is 5.14. The number of halogens is 1. The number of carbonyl (C=O) groups is 1. The molecule has 0 aromatic heterocycles. The fourth-order valence-corrected chi connectivity index (χ4v) is 2.24. The van der Waals surface area contributed by atoms with Gasteiger partial charge in [-0.1, -0.05) is 12.2 Å². The van der Waals surface area contributed by atoms with E-state index in [0.717, 1.165) is 38.0 Å². The standard InChI is InChI=1S/C12H21ClN2O/c1-10(2)8-12(16)14-5-7-15-6-3-4-11(13)9-15/h11H,1,3-9H2,2H3,(H,14,16). The van der Waals surface area contributed by atoms with Crippen LogP contribution in [0.5, 0.6) is 0 Å². The topological polar surface area (TPSA) is 32.3 Å². The van der Waals surface area contributed by atoms with E-state index in [0.29, 0.717) is 13.0 Å². The normalized spacial score (nSPS) is 21.8. The maximum absolute atomic E-state index is 11.3. The molecule has 16 heavy (non-hydrogen) atoms. The van der Waals surface area contributed by atoms with E-state index < -0.39 is 0 Å². The van der Waals surface area contributed by atoms with Gasteiger partial charge in [-0.3, -0.25) is 4.79 Å². The van der Waals surface area contributed by atoms with Crippen molar-refractivity contribution in [3.8, 4) is 0 Å². The van der Waals surface area contributed by atoms with E-state index >= 15 is 0 Å². The lowest BCUT2D eigenvalue weighted by Crippen LogP contribution is -2.41. The molecule has 1 atom stereocenters. The van der Waals surface area contributed by atoms with E-state index in [4.69, 9.17) is 11.6 Å². The van der Waals surface area contributed by atoms with Crippen LogP contribution < -0.4 is 5.32 Å². The molecule has 0 bridgehead atoms. The molecule has 1 saturated heterocycles. The Morgan fingerprint density at radius 3 is 3.00 bits per heavy atom. The van der Waals surface area contributed by atoms with Gasteiger partial charge >= 0.3 is 0 Å². The molecule has 1 rings (SSSR count). The van der Waals surface area contributed by atoms with Crippen molar-refractivity contribution in [1.29, 1.82) is 0 Å². The molecule has 1 aliphatic heterocycles. The lowest BCUT2D eigenvalue weighted by molar-refractivity contribution is -0.120. The number of hydrogen-bond acceptors (Lipinski definition) is 2. The van der Waals surface area contributed by atoms with Crippen molar-refractivity contribution in [3.05, 3.63) is 12.2 Å². The first-order chi connectivity index (χ1) is 7.58. The quantitative estimate of drug-likeness (QED) is 0.591. The summed E-state index contributed by atoms with van der Waals surface area (Å²) in [6.07, 6.45) is 2.70. The summed E-state index contributed by atoms with van der Waals surface area (Å²) in [4.78, 5) is 13.7. The minimum absolute atomic E-state index is 0.0620. The Morgan fingerprint density at radius 1 is 1.62 bits per heavy atom. The molecule has 1 N–H and O–H groups in total. The minimum atomic E-state index is 0.0620. The van der Waals surface area contributed by atoms with Crippen LogP contribution in [-0.4, -0.2) is 42.4 Å². The molecular formula is C12H21ClN2O. The second kappa shape index (κ2) is 6.92. The molecule has 3 nitrogen and oxygen atoms in total. The third kappa shape index (κ3) is 5.52. The first kappa shape index (κ1) is 13.5. The Labute approximate surface area is 103 Å². The number of amides is 1. The molecule has 0 aliphatic carbocycles. The zero-order chi connectivity index (χ0) is 12.0. The van der Waals surface area contributed by atoms with Crippen LogP contribution in [0.25, 0.3) is 0 Å². The van der Waals surface area contributed by atoms with Gasteiger partial charge in [0.1, 0.15) is 0 Å². The molecule has 1 heterocycles. The van der Waals surface area contributed by atoms with Crippen LogP contribution in [0.1, 0.15) is 26.2 Å². The van der Waals surface area contributed by atoms with E-state index in [9.17, 15) is 4.79 Å². The molecule has 92 valence electrons. The van der Waals surface area contributed by atoms with Gasteiger partial charge in [0.05, 0.1) is 0 Å². The third-order valence-electron chi connectivity index (χ3n) is 2.66. The van der Waals surface area contributed by atoms with Crippen LogP contribution in [-0.2, 0) is 4.79 Å². The molecule has 1 aliphatic rings. The number of alkyl halides is 1. The Morgan fingerprint density at radius 2 is 2.38 bits per heavy atom. The zero-order valence-electron chi connectivity index (χ0n) is 9.97. The smallest absolute Gasteiger partial charge is 0.224 e. The average molecular weight is 245 g/mol. The molecule has 0 aromatic carbocycles. The van der Waals surface area contributed by atoms with Crippen LogP contribution in [0, 0.1) is 0 Å². The van der Waals surface area contributed by atoms with Crippen LogP contribution >= 0.6 is 11.6 Å². The molecule has 1 unspecified atom stereocenters. The monoisotopic (exact) mass is 244 g/mol. The maximum atomic E-state index is 11.3. The highest BCUT2D eigenvalue weighted by atomic mass is 35.5. The van der Waals surface area contributed by atoms with Crippen molar-refractivity contribution in [3.63, 3.8) is 0 Å². The van der Waals surface area contributed by atoms with Gasteiger partial charge in [-0.15, -0.1) is 11.6 Å². The van der Waals surface area contributed by atoms with Gasteiger partial charge < -0.3 is 10.2 Å². The summed E-state index contributed by atoms with van der Waals surface area (Å²) < 4.78 is 0. The minimum Gasteiger partial charge on any atom is -0.355 e. The summed E-state index contributed by atoms with van der Waals surface area (Å²) in [7, 11) is 0. The van der Waals surface area contributed by atoms with Crippen LogP contribution in [0.2, 0.25) is 0 Å². The van der Waals surface area contributed by atoms with Crippen molar-refractivity contribution in [2.45, 2.75) is 31.6 Å². The van der Waals surface area contributed by atoms with E-state index in [1.54, 1.807) is 0 Å². The van der Waals surface area contributed by atoms with Crippen molar-refractivity contribution < 1.29 is 4.79 Å². The predicted molar refractivity (Wildman–Crippen MR) is 67.8 cm³/mol. The van der Waals surface area contributed by atoms with Gasteiger partial charge in [0.2, 0.25) is 5.91 Å². The zero-order valence-corrected chi connectivity index (χ0v) is 10.7. The number of hydrogen-bond donors (Lipinski definition) is 1. The first-order valence-electron chi connectivity index (χ1n) is 5.85. The van der Waals surface area contributed by atoms with Gasteiger partial charge in [0, 0.05) is 31.4 Å². The van der Waals surface area contributed by atoms with Crippen molar-refractivity contribution in [2.75, 3.05) is 26.2 Å². The second-order valence-electron chi connectivity index (χ2n) is 4.52. The van der Waals surface area contributed by atoms with Crippen LogP contribution in [0.3, 0.4) is 0 Å². The van der Waals surface area contributed by atoms with Crippen LogP contribution in [0.4, 0.5) is 0 Å². The Balaban J connectivity index is 2.10. The molecule has 4 heteroatoms. The van der Waals surface area contributed by atoms with Crippen molar-refractivity contribution in [2.24, 2.45) is 0 Å². The molecule has 1 fully saturated rings. The van der Waals surface area contributed by atoms with Gasteiger partial charge in [-0.2, -0.15) is 0 Å². The van der Waals surface area contributed by atoms with Crippen molar-refractivity contribution >= 4 is 17.5 Å². The van der Waals surface area contributed by atoms with Gasteiger partial charge in [-0.25, -0.2) is 0 Å². The van der Waals surface area contributed by atoms with Gasteiger partial charge in [-0.05, 0) is 26.3 Å². The molecule has 1 amide bonds.